The highest BCUT2D eigenvalue weighted by molar-refractivity contribution is 5.92. The number of carbonyl (C=O) groups excluding carboxylic acids is 1. The summed E-state index contributed by atoms with van der Waals surface area (Å²) >= 11 is 0. The van der Waals surface area contributed by atoms with Crippen molar-refractivity contribution in [3.8, 4) is 0 Å². The number of aryl methyl sites for hydroxylation is 1. The minimum atomic E-state index is -0.168. The Bertz CT molecular complexity index is 763. The lowest BCUT2D eigenvalue weighted by Crippen LogP contribution is -2.23. The topological polar surface area (TPSA) is 70.7 Å². The first kappa shape index (κ1) is 12.3. The molecule has 2 heterocycles. The number of fused-ring (bicyclic) bond motifs is 1. The average Bonchev–Trinajstić information content (AvgIpc) is 2.92. The van der Waals surface area contributed by atoms with Crippen molar-refractivity contribution >= 4 is 16.8 Å². The van der Waals surface area contributed by atoms with E-state index in [0.717, 1.165) is 22.2 Å². The SMILES string of the molecule is Cc1cccc(C(=O)NCc2ccc3cn[nH]c3c2)n1. The van der Waals surface area contributed by atoms with Crippen molar-refractivity contribution in [1.29, 1.82) is 0 Å². The number of nitrogens with one attached hydrogen (secondary N) is 2. The molecule has 0 aliphatic carbocycles. The number of H-pyrrole nitrogens is 1. The third-order valence-electron chi connectivity index (χ3n) is 3.08. The van der Waals surface area contributed by atoms with E-state index in [-0.39, 0.29) is 5.91 Å². The number of carbonyl (C=O) groups is 1. The van der Waals surface area contributed by atoms with E-state index in [4.69, 9.17) is 0 Å². The molecule has 0 spiro atoms. The van der Waals surface area contributed by atoms with Crippen LogP contribution in [0.1, 0.15) is 21.7 Å². The van der Waals surface area contributed by atoms with Crippen molar-refractivity contribution in [2.75, 3.05) is 0 Å². The normalized spacial score (nSPS) is 10.7. The van der Waals surface area contributed by atoms with Gasteiger partial charge in [0.2, 0.25) is 0 Å². The Morgan fingerprint density at radius 3 is 3.05 bits per heavy atom. The van der Waals surface area contributed by atoms with Crippen LogP contribution in [-0.2, 0) is 6.54 Å². The van der Waals surface area contributed by atoms with Crippen LogP contribution in [0.25, 0.3) is 10.9 Å². The van der Waals surface area contributed by atoms with Crippen LogP contribution in [0.4, 0.5) is 0 Å². The van der Waals surface area contributed by atoms with E-state index < -0.39 is 0 Å². The number of hydrogen-bond donors (Lipinski definition) is 2. The summed E-state index contributed by atoms with van der Waals surface area (Å²) in [7, 11) is 0. The molecule has 0 aliphatic heterocycles. The molecule has 0 saturated heterocycles. The minimum Gasteiger partial charge on any atom is -0.347 e. The molecule has 3 rings (SSSR count). The zero-order valence-corrected chi connectivity index (χ0v) is 11.1. The smallest absolute Gasteiger partial charge is 0.270 e. The summed E-state index contributed by atoms with van der Waals surface area (Å²) in [4.78, 5) is 16.2. The van der Waals surface area contributed by atoms with Gasteiger partial charge in [-0.1, -0.05) is 18.2 Å². The summed E-state index contributed by atoms with van der Waals surface area (Å²) in [5, 5.41) is 10.8. The highest BCUT2D eigenvalue weighted by Gasteiger charge is 2.07. The third-order valence-corrected chi connectivity index (χ3v) is 3.08. The van der Waals surface area contributed by atoms with E-state index in [1.165, 1.54) is 0 Å². The molecule has 3 aromatic rings. The molecule has 5 heteroatoms. The standard InChI is InChI=1S/C15H14N4O/c1-10-3-2-4-13(18-10)15(20)16-8-11-5-6-12-9-17-19-14(12)7-11/h2-7,9H,8H2,1H3,(H,16,20)(H,17,19). The molecule has 1 amide bonds. The lowest BCUT2D eigenvalue weighted by atomic mass is 10.1. The maximum absolute atomic E-state index is 12.0. The van der Waals surface area contributed by atoms with Gasteiger partial charge in [-0.15, -0.1) is 0 Å². The molecule has 20 heavy (non-hydrogen) atoms. The molecule has 2 aromatic heterocycles. The molecule has 0 unspecified atom stereocenters. The Labute approximate surface area is 116 Å². The van der Waals surface area contributed by atoms with Crippen LogP contribution < -0.4 is 5.32 Å². The predicted octanol–water partition coefficient (Wildman–Crippen LogP) is 2.20. The number of pyridine rings is 1. The molecule has 2 N–H and O–H groups in total. The number of aromatic amines is 1. The molecule has 1 aromatic carbocycles. The summed E-state index contributed by atoms with van der Waals surface area (Å²) in [6.07, 6.45) is 1.77. The minimum absolute atomic E-state index is 0.168. The van der Waals surface area contributed by atoms with Crippen molar-refractivity contribution in [2.45, 2.75) is 13.5 Å². The summed E-state index contributed by atoms with van der Waals surface area (Å²) in [6, 6.07) is 11.3. The Kier molecular flexibility index (Phi) is 3.16. The quantitative estimate of drug-likeness (QED) is 0.763. The second-order valence-corrected chi connectivity index (χ2v) is 4.64. The summed E-state index contributed by atoms with van der Waals surface area (Å²) in [5.74, 6) is -0.168. The van der Waals surface area contributed by atoms with E-state index in [1.807, 2.05) is 37.3 Å². The van der Waals surface area contributed by atoms with Gasteiger partial charge < -0.3 is 5.32 Å². The number of aromatic nitrogens is 3. The van der Waals surface area contributed by atoms with E-state index in [1.54, 1.807) is 12.3 Å². The number of nitrogens with zero attached hydrogens (tertiary/aromatic N) is 2. The second-order valence-electron chi connectivity index (χ2n) is 4.64. The van der Waals surface area contributed by atoms with Crippen molar-refractivity contribution in [2.24, 2.45) is 0 Å². The largest absolute Gasteiger partial charge is 0.347 e. The van der Waals surface area contributed by atoms with Crippen molar-refractivity contribution in [3.63, 3.8) is 0 Å². The first-order chi connectivity index (χ1) is 9.72. The van der Waals surface area contributed by atoms with Gasteiger partial charge >= 0.3 is 0 Å². The van der Waals surface area contributed by atoms with E-state index >= 15 is 0 Å². The molecular formula is C15H14N4O. The van der Waals surface area contributed by atoms with Crippen LogP contribution in [-0.4, -0.2) is 21.1 Å². The van der Waals surface area contributed by atoms with Gasteiger partial charge in [0.15, 0.2) is 0 Å². The highest BCUT2D eigenvalue weighted by Crippen LogP contribution is 2.12. The fraction of sp³-hybridized carbons (Fsp3) is 0.133. The predicted molar refractivity (Wildman–Crippen MR) is 76.2 cm³/mol. The van der Waals surface area contributed by atoms with Crippen LogP contribution in [0, 0.1) is 6.92 Å². The lowest BCUT2D eigenvalue weighted by Gasteiger charge is -2.05. The van der Waals surface area contributed by atoms with Gasteiger partial charge in [0.25, 0.3) is 5.91 Å². The maximum Gasteiger partial charge on any atom is 0.270 e. The first-order valence-corrected chi connectivity index (χ1v) is 6.36. The van der Waals surface area contributed by atoms with Gasteiger partial charge in [-0.05, 0) is 30.7 Å². The number of amides is 1. The van der Waals surface area contributed by atoms with Crippen LogP contribution in [0.3, 0.4) is 0 Å². The van der Waals surface area contributed by atoms with Gasteiger partial charge in [-0.3, -0.25) is 9.89 Å². The van der Waals surface area contributed by atoms with Crippen molar-refractivity contribution in [3.05, 3.63) is 59.5 Å². The van der Waals surface area contributed by atoms with E-state index in [0.29, 0.717) is 12.2 Å². The van der Waals surface area contributed by atoms with Gasteiger partial charge in [0, 0.05) is 17.6 Å². The van der Waals surface area contributed by atoms with Crippen molar-refractivity contribution < 1.29 is 4.79 Å². The molecule has 0 bridgehead atoms. The summed E-state index contributed by atoms with van der Waals surface area (Å²) < 4.78 is 0. The Morgan fingerprint density at radius 2 is 2.20 bits per heavy atom. The highest BCUT2D eigenvalue weighted by atomic mass is 16.1. The molecule has 0 saturated carbocycles. The van der Waals surface area contributed by atoms with E-state index in [9.17, 15) is 4.79 Å². The van der Waals surface area contributed by atoms with Gasteiger partial charge in [-0.25, -0.2) is 4.98 Å². The summed E-state index contributed by atoms with van der Waals surface area (Å²) in [5.41, 5.74) is 3.25. The fourth-order valence-electron chi connectivity index (χ4n) is 2.04. The fourth-order valence-corrected chi connectivity index (χ4v) is 2.04. The molecule has 0 fully saturated rings. The average molecular weight is 266 g/mol. The number of rotatable bonds is 3. The number of benzene rings is 1. The monoisotopic (exact) mass is 266 g/mol. The first-order valence-electron chi connectivity index (χ1n) is 6.36. The van der Waals surface area contributed by atoms with Crippen molar-refractivity contribution in [1.82, 2.24) is 20.5 Å². The van der Waals surface area contributed by atoms with Gasteiger partial charge in [0.05, 0.1) is 11.7 Å². The van der Waals surface area contributed by atoms with Crippen LogP contribution in [0.2, 0.25) is 0 Å². The zero-order valence-electron chi connectivity index (χ0n) is 11.1. The lowest BCUT2D eigenvalue weighted by molar-refractivity contribution is 0.0945. The van der Waals surface area contributed by atoms with Gasteiger partial charge in [0.1, 0.15) is 5.69 Å². The summed E-state index contributed by atoms with van der Waals surface area (Å²) in [6.45, 7) is 2.33. The second kappa shape index (κ2) is 5.13. The Hall–Kier alpha value is -2.69. The van der Waals surface area contributed by atoms with Crippen LogP contribution >= 0.6 is 0 Å². The molecule has 0 radical (unpaired) electrons. The zero-order chi connectivity index (χ0) is 13.9. The molecule has 0 atom stereocenters. The number of hydrogen-bond acceptors (Lipinski definition) is 3. The van der Waals surface area contributed by atoms with E-state index in [2.05, 4.69) is 20.5 Å². The van der Waals surface area contributed by atoms with Crippen LogP contribution in [0.5, 0.6) is 0 Å². The molecular weight excluding hydrogens is 252 g/mol. The molecule has 5 nitrogen and oxygen atoms in total. The third kappa shape index (κ3) is 2.51. The van der Waals surface area contributed by atoms with Gasteiger partial charge in [-0.2, -0.15) is 5.10 Å². The molecule has 0 aliphatic rings. The Morgan fingerprint density at radius 1 is 1.30 bits per heavy atom. The van der Waals surface area contributed by atoms with Crippen LogP contribution in [0.15, 0.2) is 42.6 Å². The Balaban J connectivity index is 1.71. The maximum atomic E-state index is 12.0. The molecule has 100 valence electrons.